The van der Waals surface area contributed by atoms with Crippen molar-refractivity contribution in [3.63, 3.8) is 0 Å². The van der Waals surface area contributed by atoms with Gasteiger partial charge < -0.3 is 29.6 Å². The van der Waals surface area contributed by atoms with E-state index in [1.165, 1.54) is 29.5 Å². The van der Waals surface area contributed by atoms with E-state index >= 15 is 0 Å². The molecule has 0 aromatic rings. The summed E-state index contributed by atoms with van der Waals surface area (Å²) in [6, 6.07) is 0. The zero-order valence-electron chi connectivity index (χ0n) is 15.6. The first-order valence-electron chi connectivity index (χ1n) is 8.36. The summed E-state index contributed by atoms with van der Waals surface area (Å²) in [6.45, 7) is 6.04. The van der Waals surface area contributed by atoms with Crippen LogP contribution in [-0.2, 0) is 9.59 Å². The number of rotatable bonds is 12. The molecule has 0 saturated carbocycles. The summed E-state index contributed by atoms with van der Waals surface area (Å²) in [5.74, 6) is -1.99. The second-order valence-corrected chi connectivity index (χ2v) is 5.63. The van der Waals surface area contributed by atoms with Gasteiger partial charge in [0.2, 0.25) is 0 Å². The first kappa shape index (κ1) is 28.2. The van der Waals surface area contributed by atoms with Gasteiger partial charge in [0.25, 0.3) is 0 Å². The maximum absolute atomic E-state index is 10.1. The first-order valence-corrected chi connectivity index (χ1v) is 8.87. The van der Waals surface area contributed by atoms with Crippen molar-refractivity contribution < 1.29 is 24.0 Å². The van der Waals surface area contributed by atoms with Crippen molar-refractivity contribution in [3.8, 4) is 0 Å². The van der Waals surface area contributed by atoms with Gasteiger partial charge in [-0.15, -0.1) is 0 Å². The molecule has 0 radical (unpaired) electrons. The molecule has 0 fully saturated rings. The first-order chi connectivity index (χ1) is 11.3. The fraction of sp³-hybridized carbons (Fsp3) is 0.875. The predicted octanol–water partition coefficient (Wildman–Crippen LogP) is -1.22. The van der Waals surface area contributed by atoms with Gasteiger partial charge >= 0.3 is 20.8 Å². The minimum atomic E-state index is -0.996. The number of carbonyl (C=O) groups is 2. The molecule has 24 heavy (non-hydrogen) atoms. The van der Waals surface area contributed by atoms with Crippen molar-refractivity contribution in [2.24, 2.45) is 0 Å². The van der Waals surface area contributed by atoms with E-state index in [1.54, 1.807) is 23.9 Å². The van der Waals surface area contributed by atoms with Gasteiger partial charge in [-0.3, -0.25) is 0 Å². The molecule has 0 saturated heterocycles. The van der Waals surface area contributed by atoms with Gasteiger partial charge in [0.1, 0.15) is 0 Å². The molecule has 1 N–H and O–H groups in total. The Morgan fingerprint density at radius 2 is 1.08 bits per heavy atom. The normalized spacial score (nSPS) is 9.88. The SMILES string of the molecule is CCCCCN(C)CC(=O)[O-].CCCCCN(C)CC(=O)[O-].[OH][Al+2]. The molecule has 0 spiro atoms. The van der Waals surface area contributed by atoms with E-state index in [9.17, 15) is 19.8 Å². The second-order valence-electron chi connectivity index (χ2n) is 5.63. The molecule has 0 aromatic heterocycles. The standard InChI is InChI=1S/2C8H17NO2.Al.H2O/c2*1-3-4-5-6-9(2)7-8(10)11;;/h2*3-7H2,1-2H3,(H,10,11);;1H2/q;;+3;/p-3. The number of carbonyl (C=O) groups excluding carboxylic acids is 2. The Balaban J connectivity index is -0.000000333. The van der Waals surface area contributed by atoms with Crippen LogP contribution in [0.4, 0.5) is 0 Å². The van der Waals surface area contributed by atoms with E-state index in [4.69, 9.17) is 4.16 Å². The van der Waals surface area contributed by atoms with Crippen molar-refractivity contribution in [3.05, 3.63) is 0 Å². The molecule has 140 valence electrons. The number of likely N-dealkylation sites (N-methyl/N-ethyl adjacent to an activating group) is 2. The van der Waals surface area contributed by atoms with Crippen molar-refractivity contribution in [1.82, 2.24) is 9.80 Å². The summed E-state index contributed by atoms with van der Waals surface area (Å²) in [6.07, 6.45) is 6.80. The number of carboxylic acid groups (broad SMARTS) is 2. The van der Waals surface area contributed by atoms with Gasteiger partial charge in [-0.1, -0.05) is 39.5 Å². The molecule has 0 aromatic carbocycles. The van der Waals surface area contributed by atoms with Crippen LogP contribution in [0, 0.1) is 0 Å². The Bertz CT molecular complexity index is 266. The molecule has 0 aliphatic heterocycles. The summed E-state index contributed by atoms with van der Waals surface area (Å²) in [5.41, 5.74) is 0. The average Bonchev–Trinajstić information content (AvgIpc) is 2.49. The molecule has 0 aliphatic carbocycles. The molecule has 0 heterocycles. The number of hydrogen-bond donors (Lipinski definition) is 1. The zero-order valence-corrected chi connectivity index (χ0v) is 16.8. The fourth-order valence-electron chi connectivity index (χ4n) is 1.86. The number of unbranched alkanes of at least 4 members (excludes halogenated alkanes) is 4. The van der Waals surface area contributed by atoms with E-state index in [0.29, 0.717) is 0 Å². The third-order valence-electron chi connectivity index (χ3n) is 3.08. The second kappa shape index (κ2) is 22.4. The third kappa shape index (κ3) is 29.4. The van der Waals surface area contributed by atoms with Crippen molar-refractivity contribution in [2.45, 2.75) is 52.4 Å². The minimum absolute atomic E-state index is 0.0454. The van der Waals surface area contributed by atoms with Crippen molar-refractivity contribution in [1.29, 1.82) is 0 Å². The Kier molecular flexibility index (Phi) is 26.2. The number of hydrogen-bond acceptors (Lipinski definition) is 7. The van der Waals surface area contributed by atoms with E-state index in [-0.39, 0.29) is 13.1 Å². The molecule has 0 aliphatic rings. The molecule has 0 amide bonds. The third-order valence-corrected chi connectivity index (χ3v) is 3.08. The summed E-state index contributed by atoms with van der Waals surface area (Å²) in [5, 5.41) is 20.2. The summed E-state index contributed by atoms with van der Waals surface area (Å²) in [7, 11) is 3.59. The summed E-state index contributed by atoms with van der Waals surface area (Å²) in [4.78, 5) is 23.7. The monoisotopic (exact) mass is 360 g/mol. The zero-order chi connectivity index (χ0) is 19.4. The van der Waals surface area contributed by atoms with Crippen LogP contribution >= 0.6 is 0 Å². The Morgan fingerprint density at radius 1 is 0.792 bits per heavy atom. The van der Waals surface area contributed by atoms with E-state index in [1.807, 2.05) is 0 Å². The molecule has 0 rings (SSSR count). The van der Waals surface area contributed by atoms with Crippen LogP contribution < -0.4 is 10.2 Å². The van der Waals surface area contributed by atoms with Crippen LogP contribution in [0.25, 0.3) is 0 Å². The van der Waals surface area contributed by atoms with Gasteiger partial charge in [0.05, 0.1) is 11.9 Å². The van der Waals surface area contributed by atoms with Gasteiger partial charge in [-0.2, -0.15) is 0 Å². The Morgan fingerprint density at radius 3 is 1.29 bits per heavy atom. The van der Waals surface area contributed by atoms with Crippen LogP contribution in [0.5, 0.6) is 0 Å². The fourth-order valence-corrected chi connectivity index (χ4v) is 1.86. The molecule has 0 unspecified atom stereocenters. The molecular formula is C16H33AlN2O5. The molecule has 0 atom stereocenters. The average molecular weight is 360 g/mol. The quantitative estimate of drug-likeness (QED) is 0.343. The van der Waals surface area contributed by atoms with Crippen LogP contribution in [0.3, 0.4) is 0 Å². The Hall–Kier alpha value is -0.648. The van der Waals surface area contributed by atoms with Crippen LogP contribution in [0.2, 0.25) is 0 Å². The van der Waals surface area contributed by atoms with Gasteiger partial charge in [0.15, 0.2) is 0 Å². The van der Waals surface area contributed by atoms with E-state index in [2.05, 4.69) is 13.8 Å². The van der Waals surface area contributed by atoms with E-state index < -0.39 is 11.9 Å². The summed E-state index contributed by atoms with van der Waals surface area (Å²) >= 11 is 1.42. The maximum atomic E-state index is 10.1. The number of carboxylic acids is 2. The van der Waals surface area contributed by atoms with Gasteiger partial charge in [0, 0.05) is 13.1 Å². The van der Waals surface area contributed by atoms with Crippen molar-refractivity contribution >= 4 is 28.6 Å². The number of aliphatic carboxylic acids is 2. The van der Waals surface area contributed by atoms with E-state index in [0.717, 1.165) is 38.8 Å². The van der Waals surface area contributed by atoms with Gasteiger partial charge in [-0.05, 0) is 40.0 Å². The molecule has 7 nitrogen and oxygen atoms in total. The topological polar surface area (TPSA) is 107 Å². The Labute approximate surface area is 155 Å². The van der Waals surface area contributed by atoms with Crippen LogP contribution in [0.1, 0.15) is 52.4 Å². The predicted molar refractivity (Wildman–Crippen MR) is 92.0 cm³/mol. The van der Waals surface area contributed by atoms with Crippen LogP contribution in [0.15, 0.2) is 0 Å². The molecular weight excluding hydrogens is 327 g/mol. The molecule has 0 bridgehead atoms. The van der Waals surface area contributed by atoms with Gasteiger partial charge in [-0.25, -0.2) is 0 Å². The number of nitrogens with zero attached hydrogens (tertiary/aromatic N) is 2. The van der Waals surface area contributed by atoms with Crippen LogP contribution in [-0.4, -0.2) is 82.8 Å². The van der Waals surface area contributed by atoms with Crippen molar-refractivity contribution in [2.75, 3.05) is 40.3 Å². The summed E-state index contributed by atoms with van der Waals surface area (Å²) < 4.78 is 6.92. The molecule has 8 heteroatoms.